The Morgan fingerprint density at radius 3 is 2.45 bits per heavy atom. The molecule has 0 unspecified atom stereocenters. The number of rotatable bonds is 7. The molecule has 0 saturated heterocycles. The number of hydrogen-bond donors (Lipinski definition) is 4. The minimum Gasteiger partial charge on any atom is -0.361 e. The number of H-pyrrole nitrogens is 1. The van der Waals surface area contributed by atoms with Gasteiger partial charge >= 0.3 is 0 Å². The van der Waals surface area contributed by atoms with Crippen LogP contribution in [0, 0.1) is 0 Å². The van der Waals surface area contributed by atoms with E-state index < -0.39 is 15.9 Å². The standard InChI is InChI=1S/C19H19BrN4O4S/c20-15-6-2-4-8-17(15)29(27,28)22-10-9-18(25)23-24-19(26)11-13-12-21-16-7-3-1-5-14(13)16/h1-8,12,21-22H,9-11H2,(H,23,25)(H,24,26). The van der Waals surface area contributed by atoms with Crippen molar-refractivity contribution in [1.29, 1.82) is 0 Å². The second-order valence-electron chi connectivity index (χ2n) is 6.21. The number of halogens is 1. The van der Waals surface area contributed by atoms with Crippen LogP contribution in [-0.2, 0) is 26.0 Å². The molecule has 4 N–H and O–H groups in total. The van der Waals surface area contributed by atoms with Crippen molar-refractivity contribution in [2.24, 2.45) is 0 Å². The zero-order chi connectivity index (χ0) is 20.9. The van der Waals surface area contributed by atoms with Gasteiger partial charge in [-0.3, -0.25) is 20.4 Å². The molecule has 0 aliphatic rings. The molecule has 152 valence electrons. The molecule has 0 saturated carbocycles. The molecule has 0 bridgehead atoms. The highest BCUT2D eigenvalue weighted by atomic mass is 79.9. The molecule has 1 aromatic heterocycles. The van der Waals surface area contributed by atoms with Gasteiger partial charge in [0.1, 0.15) is 0 Å². The molecule has 1 heterocycles. The molecule has 0 radical (unpaired) electrons. The number of sulfonamides is 1. The smallest absolute Gasteiger partial charge is 0.242 e. The quantitative estimate of drug-likeness (QED) is 0.388. The van der Waals surface area contributed by atoms with E-state index in [9.17, 15) is 18.0 Å². The first-order chi connectivity index (χ1) is 13.9. The molecule has 8 nitrogen and oxygen atoms in total. The Labute approximate surface area is 176 Å². The molecule has 0 atom stereocenters. The van der Waals surface area contributed by atoms with Crippen molar-refractivity contribution in [3.8, 4) is 0 Å². The van der Waals surface area contributed by atoms with Crippen LogP contribution in [-0.4, -0.2) is 31.8 Å². The third kappa shape index (κ3) is 5.43. The van der Waals surface area contributed by atoms with E-state index in [2.05, 4.69) is 36.5 Å². The van der Waals surface area contributed by atoms with E-state index in [1.807, 2.05) is 24.3 Å². The maximum absolute atomic E-state index is 12.2. The third-order valence-corrected chi connectivity index (χ3v) is 6.61. The topological polar surface area (TPSA) is 120 Å². The van der Waals surface area contributed by atoms with Gasteiger partial charge in [-0.25, -0.2) is 13.1 Å². The Hall–Kier alpha value is -2.69. The Morgan fingerprint density at radius 2 is 1.66 bits per heavy atom. The molecule has 0 aliphatic heterocycles. The average molecular weight is 479 g/mol. The molecule has 29 heavy (non-hydrogen) atoms. The summed E-state index contributed by atoms with van der Waals surface area (Å²) in [6.45, 7) is -0.103. The number of carbonyl (C=O) groups excluding carboxylic acids is 2. The highest BCUT2D eigenvalue weighted by Crippen LogP contribution is 2.20. The van der Waals surface area contributed by atoms with Crippen molar-refractivity contribution >= 4 is 48.7 Å². The van der Waals surface area contributed by atoms with Crippen LogP contribution < -0.4 is 15.6 Å². The van der Waals surface area contributed by atoms with E-state index in [4.69, 9.17) is 0 Å². The largest absolute Gasteiger partial charge is 0.361 e. The fourth-order valence-corrected chi connectivity index (χ4v) is 4.77. The molecular weight excluding hydrogens is 460 g/mol. The Morgan fingerprint density at radius 1 is 0.966 bits per heavy atom. The molecular formula is C19H19BrN4O4S. The lowest BCUT2D eigenvalue weighted by Gasteiger charge is -2.09. The lowest BCUT2D eigenvalue weighted by molar-refractivity contribution is -0.128. The highest BCUT2D eigenvalue weighted by molar-refractivity contribution is 9.10. The number of fused-ring (bicyclic) bond motifs is 1. The lowest BCUT2D eigenvalue weighted by atomic mass is 10.1. The van der Waals surface area contributed by atoms with Crippen molar-refractivity contribution in [2.75, 3.05) is 6.54 Å². The summed E-state index contributed by atoms with van der Waals surface area (Å²) in [5.41, 5.74) is 6.37. The molecule has 0 spiro atoms. The van der Waals surface area contributed by atoms with E-state index in [0.717, 1.165) is 16.5 Å². The van der Waals surface area contributed by atoms with Crippen LogP contribution in [0.5, 0.6) is 0 Å². The van der Waals surface area contributed by atoms with Gasteiger partial charge in [0.05, 0.1) is 11.3 Å². The number of benzene rings is 2. The second kappa shape index (κ2) is 9.21. The number of hydrazine groups is 1. The predicted molar refractivity (Wildman–Crippen MR) is 112 cm³/mol. The summed E-state index contributed by atoms with van der Waals surface area (Å²) in [7, 11) is -3.74. The van der Waals surface area contributed by atoms with Crippen LogP contribution in [0.3, 0.4) is 0 Å². The number of nitrogens with one attached hydrogen (secondary N) is 4. The van der Waals surface area contributed by atoms with Crippen LogP contribution in [0.2, 0.25) is 0 Å². The van der Waals surface area contributed by atoms with Crippen molar-refractivity contribution in [1.82, 2.24) is 20.6 Å². The van der Waals surface area contributed by atoms with Gasteiger partial charge in [0, 0.05) is 34.5 Å². The molecule has 10 heteroatoms. The highest BCUT2D eigenvalue weighted by Gasteiger charge is 2.17. The molecule has 0 fully saturated rings. The van der Waals surface area contributed by atoms with E-state index in [1.165, 1.54) is 6.07 Å². The third-order valence-electron chi connectivity index (χ3n) is 4.14. The van der Waals surface area contributed by atoms with Gasteiger partial charge < -0.3 is 4.98 Å². The number of hydrogen-bond acceptors (Lipinski definition) is 4. The Balaban J connectivity index is 1.44. The number of para-hydroxylation sites is 1. The Kier molecular flexibility index (Phi) is 6.68. The minimum atomic E-state index is -3.74. The maximum Gasteiger partial charge on any atom is 0.242 e. The summed E-state index contributed by atoms with van der Waals surface area (Å²) in [4.78, 5) is 27.1. The summed E-state index contributed by atoms with van der Waals surface area (Å²) < 4.78 is 27.3. The average Bonchev–Trinajstić information content (AvgIpc) is 3.09. The van der Waals surface area contributed by atoms with Crippen molar-refractivity contribution in [3.05, 3.63) is 64.8 Å². The Bertz CT molecular complexity index is 1140. The van der Waals surface area contributed by atoms with Crippen molar-refractivity contribution < 1.29 is 18.0 Å². The normalized spacial score (nSPS) is 11.3. The zero-order valence-corrected chi connectivity index (χ0v) is 17.6. The number of amides is 2. The first-order valence-corrected chi connectivity index (χ1v) is 11.0. The van der Waals surface area contributed by atoms with Gasteiger partial charge in [-0.2, -0.15) is 0 Å². The first kappa shape index (κ1) is 21.0. The monoisotopic (exact) mass is 478 g/mol. The summed E-state index contributed by atoms with van der Waals surface area (Å²) in [6.07, 6.45) is 1.72. The summed E-state index contributed by atoms with van der Waals surface area (Å²) in [6, 6.07) is 14.0. The molecule has 0 aliphatic carbocycles. The van der Waals surface area contributed by atoms with Crippen LogP contribution in [0.25, 0.3) is 10.9 Å². The molecule has 2 amide bonds. The predicted octanol–water partition coefficient (Wildman–Crippen LogP) is 1.99. The fourth-order valence-electron chi connectivity index (χ4n) is 2.74. The van der Waals surface area contributed by atoms with Crippen molar-refractivity contribution in [2.45, 2.75) is 17.7 Å². The van der Waals surface area contributed by atoms with Gasteiger partial charge in [0.25, 0.3) is 0 Å². The zero-order valence-electron chi connectivity index (χ0n) is 15.2. The SMILES string of the molecule is O=C(CCNS(=O)(=O)c1ccccc1Br)NNC(=O)Cc1c[nH]c2ccccc12. The molecule has 3 aromatic rings. The van der Waals surface area contributed by atoms with Gasteiger partial charge in [-0.05, 0) is 39.7 Å². The number of carbonyl (C=O) groups is 2. The van der Waals surface area contributed by atoms with Crippen LogP contribution in [0.1, 0.15) is 12.0 Å². The molecule has 2 aromatic carbocycles. The maximum atomic E-state index is 12.2. The van der Waals surface area contributed by atoms with Crippen LogP contribution in [0.4, 0.5) is 0 Å². The first-order valence-electron chi connectivity index (χ1n) is 8.74. The van der Waals surface area contributed by atoms with Crippen molar-refractivity contribution in [3.63, 3.8) is 0 Å². The van der Waals surface area contributed by atoms with Gasteiger partial charge in [0.15, 0.2) is 0 Å². The lowest BCUT2D eigenvalue weighted by Crippen LogP contribution is -2.43. The summed E-state index contributed by atoms with van der Waals surface area (Å²) in [5, 5.41) is 0.940. The number of aromatic nitrogens is 1. The minimum absolute atomic E-state index is 0.0902. The van der Waals surface area contributed by atoms with Gasteiger partial charge in [0.2, 0.25) is 21.8 Å². The number of aromatic amines is 1. The van der Waals surface area contributed by atoms with Gasteiger partial charge in [-0.15, -0.1) is 0 Å². The summed E-state index contributed by atoms with van der Waals surface area (Å²) in [5.74, 6) is -0.885. The van der Waals surface area contributed by atoms with E-state index in [-0.39, 0.29) is 30.2 Å². The van der Waals surface area contributed by atoms with Crippen LogP contribution in [0.15, 0.2) is 64.1 Å². The van der Waals surface area contributed by atoms with Crippen LogP contribution >= 0.6 is 15.9 Å². The fraction of sp³-hybridized carbons (Fsp3) is 0.158. The summed E-state index contributed by atoms with van der Waals surface area (Å²) >= 11 is 3.18. The molecule has 3 rings (SSSR count). The second-order valence-corrected chi connectivity index (χ2v) is 8.80. The van der Waals surface area contributed by atoms with E-state index in [0.29, 0.717) is 4.47 Å². The van der Waals surface area contributed by atoms with E-state index in [1.54, 1.807) is 24.4 Å². The van der Waals surface area contributed by atoms with E-state index >= 15 is 0 Å². The van der Waals surface area contributed by atoms with Gasteiger partial charge in [-0.1, -0.05) is 30.3 Å².